The Labute approximate surface area is 216 Å². The zero-order chi connectivity index (χ0) is 26.0. The Kier molecular flexibility index (Phi) is 7.14. The Morgan fingerprint density at radius 3 is 2.65 bits per heavy atom. The number of H-pyrrole nitrogens is 1. The number of aromatic amines is 1. The van der Waals surface area contributed by atoms with Gasteiger partial charge in [0.25, 0.3) is 0 Å². The number of halogens is 3. The molecule has 0 spiro atoms. The van der Waals surface area contributed by atoms with Crippen LogP contribution < -0.4 is 4.90 Å². The van der Waals surface area contributed by atoms with Gasteiger partial charge in [0.2, 0.25) is 0 Å². The van der Waals surface area contributed by atoms with Crippen LogP contribution in [0.2, 0.25) is 0 Å². The molecule has 192 valence electrons. The number of anilines is 1. The van der Waals surface area contributed by atoms with E-state index in [4.69, 9.17) is 0 Å². The van der Waals surface area contributed by atoms with Gasteiger partial charge in [-0.3, -0.25) is 0 Å². The zero-order valence-electron chi connectivity index (χ0n) is 20.4. The van der Waals surface area contributed by atoms with E-state index in [1.165, 1.54) is 18.5 Å². The molecule has 0 saturated carbocycles. The Morgan fingerprint density at radius 2 is 1.89 bits per heavy atom. The predicted molar refractivity (Wildman–Crippen MR) is 135 cm³/mol. The molecule has 1 aliphatic rings. The topological polar surface area (TPSA) is 83.5 Å². The molecule has 1 unspecified atom stereocenters. The summed E-state index contributed by atoms with van der Waals surface area (Å²) in [6.45, 7) is 5.50. The highest BCUT2D eigenvalue weighted by Gasteiger charge is 2.34. The number of alkyl halides is 3. The van der Waals surface area contributed by atoms with E-state index >= 15 is 0 Å². The highest BCUT2D eigenvalue weighted by molar-refractivity contribution is 7.99. The molecule has 1 saturated heterocycles. The zero-order valence-corrected chi connectivity index (χ0v) is 21.2. The van der Waals surface area contributed by atoms with Gasteiger partial charge in [0.1, 0.15) is 12.1 Å². The van der Waals surface area contributed by atoms with E-state index in [1.807, 2.05) is 38.1 Å². The number of nitrogens with zero attached hydrogens (tertiary/aromatic N) is 6. The van der Waals surface area contributed by atoms with Gasteiger partial charge in [-0.1, -0.05) is 55.1 Å². The summed E-state index contributed by atoms with van der Waals surface area (Å²) in [5.74, 6) is 1.62. The molecular weight excluding hydrogens is 499 g/mol. The van der Waals surface area contributed by atoms with Gasteiger partial charge in [0, 0.05) is 40.4 Å². The average molecular weight is 526 g/mol. The molecule has 0 aliphatic carbocycles. The van der Waals surface area contributed by atoms with Gasteiger partial charge in [0.05, 0.1) is 11.3 Å². The first-order chi connectivity index (χ1) is 17.8. The normalized spacial score (nSPS) is 16.4. The largest absolute Gasteiger partial charge is 0.417 e. The Morgan fingerprint density at radius 1 is 1.05 bits per heavy atom. The summed E-state index contributed by atoms with van der Waals surface area (Å²) < 4.78 is 42.5. The molecule has 37 heavy (non-hydrogen) atoms. The number of hydrogen-bond acceptors (Lipinski definition) is 7. The fourth-order valence-electron chi connectivity index (χ4n) is 4.59. The van der Waals surface area contributed by atoms with Gasteiger partial charge in [-0.15, -0.1) is 10.2 Å². The number of rotatable bonds is 6. The van der Waals surface area contributed by atoms with Gasteiger partial charge < -0.3 is 4.90 Å². The van der Waals surface area contributed by atoms with Crippen LogP contribution in [0, 0.1) is 0 Å². The Hall–Kier alpha value is -3.47. The molecule has 3 heterocycles. The maximum Gasteiger partial charge on any atom is 0.417 e. The lowest BCUT2D eigenvalue weighted by Gasteiger charge is -2.32. The number of aromatic nitrogens is 6. The summed E-state index contributed by atoms with van der Waals surface area (Å²) in [4.78, 5) is 11.8. The van der Waals surface area contributed by atoms with Gasteiger partial charge in [0.15, 0.2) is 5.82 Å². The lowest BCUT2D eigenvalue weighted by Crippen LogP contribution is -2.35. The molecule has 1 fully saturated rings. The molecule has 7 nitrogen and oxygen atoms in total. The van der Waals surface area contributed by atoms with Crippen molar-refractivity contribution < 1.29 is 13.2 Å². The van der Waals surface area contributed by atoms with Crippen molar-refractivity contribution in [3.63, 3.8) is 0 Å². The Bertz CT molecular complexity index is 1360. The molecule has 0 amide bonds. The molecule has 1 atom stereocenters. The van der Waals surface area contributed by atoms with Crippen LogP contribution >= 0.6 is 11.8 Å². The van der Waals surface area contributed by atoms with Crippen molar-refractivity contribution in [2.24, 2.45) is 0 Å². The number of benzene rings is 2. The van der Waals surface area contributed by atoms with Gasteiger partial charge in [-0.25, -0.2) is 9.97 Å². The van der Waals surface area contributed by atoms with Crippen molar-refractivity contribution in [1.82, 2.24) is 30.6 Å². The molecule has 4 aromatic rings. The third-order valence-corrected chi connectivity index (χ3v) is 7.63. The minimum absolute atomic E-state index is 0.104. The number of nitrogens with one attached hydrogen (secondary N) is 1. The summed E-state index contributed by atoms with van der Waals surface area (Å²) in [5, 5.41) is 14.3. The third kappa shape index (κ3) is 5.61. The molecular formula is C26H26F3N7S. The van der Waals surface area contributed by atoms with Crippen molar-refractivity contribution in [3.8, 4) is 11.3 Å². The lowest BCUT2D eigenvalue weighted by atomic mass is 9.97. The number of tetrazole rings is 1. The number of piperidine rings is 1. The van der Waals surface area contributed by atoms with Crippen LogP contribution in [-0.2, 0) is 6.18 Å². The first-order valence-corrected chi connectivity index (χ1v) is 12.9. The fourth-order valence-corrected chi connectivity index (χ4v) is 5.81. The van der Waals surface area contributed by atoms with E-state index < -0.39 is 11.7 Å². The summed E-state index contributed by atoms with van der Waals surface area (Å²) in [6, 6.07) is 13.7. The second kappa shape index (κ2) is 10.5. The van der Waals surface area contributed by atoms with Crippen molar-refractivity contribution in [2.75, 3.05) is 18.0 Å². The van der Waals surface area contributed by atoms with E-state index in [-0.39, 0.29) is 16.7 Å². The van der Waals surface area contributed by atoms with Crippen LogP contribution in [-0.4, -0.2) is 43.7 Å². The highest BCUT2D eigenvalue weighted by atomic mass is 32.2. The van der Waals surface area contributed by atoms with Crippen LogP contribution in [0.5, 0.6) is 0 Å². The molecule has 5 rings (SSSR count). The molecule has 1 N–H and O–H groups in total. The maximum absolute atomic E-state index is 14.2. The SMILES string of the molecule is CC(C)c1ccccc1Sc1ccc(-c2cc(N3CCCC(c4nn[nH]n4)C3)ncn2)cc1C(F)(F)F. The van der Waals surface area contributed by atoms with Crippen molar-refractivity contribution >= 4 is 17.6 Å². The first kappa shape index (κ1) is 25.2. The lowest BCUT2D eigenvalue weighted by molar-refractivity contribution is -0.139. The smallest absolute Gasteiger partial charge is 0.356 e. The Balaban J connectivity index is 1.44. The molecule has 1 aliphatic heterocycles. The minimum Gasteiger partial charge on any atom is -0.356 e. The fraction of sp³-hybridized carbons (Fsp3) is 0.346. The molecule has 2 aromatic heterocycles. The first-order valence-electron chi connectivity index (χ1n) is 12.1. The highest BCUT2D eigenvalue weighted by Crippen LogP contribution is 2.43. The van der Waals surface area contributed by atoms with E-state index in [2.05, 4.69) is 35.5 Å². The standard InChI is InChI=1S/C26H26F3N7S/c1-16(2)19-7-3-4-8-22(19)37-23-10-9-17(12-20(23)26(27,28)29)21-13-24(31-15-30-21)36-11-5-6-18(14-36)25-32-34-35-33-25/h3-4,7-10,12-13,15-16,18H,5-6,11,14H2,1-2H3,(H,32,33,34,35). The van der Waals surface area contributed by atoms with Crippen molar-refractivity contribution in [1.29, 1.82) is 0 Å². The van der Waals surface area contributed by atoms with Crippen molar-refractivity contribution in [2.45, 2.75) is 54.5 Å². The number of hydrogen-bond donors (Lipinski definition) is 1. The van der Waals surface area contributed by atoms with E-state index in [0.717, 1.165) is 41.6 Å². The van der Waals surface area contributed by atoms with Crippen LogP contribution in [0.4, 0.5) is 19.0 Å². The molecule has 11 heteroatoms. The average Bonchev–Trinajstić information content (AvgIpc) is 3.44. The summed E-state index contributed by atoms with van der Waals surface area (Å²) >= 11 is 1.14. The predicted octanol–water partition coefficient (Wildman–Crippen LogP) is 6.33. The second-order valence-electron chi connectivity index (χ2n) is 9.32. The summed E-state index contributed by atoms with van der Waals surface area (Å²) in [5.41, 5.74) is 1.18. The monoisotopic (exact) mass is 525 g/mol. The molecule has 0 bridgehead atoms. The van der Waals surface area contributed by atoms with Crippen LogP contribution in [0.15, 0.2) is 64.6 Å². The van der Waals surface area contributed by atoms with Crippen LogP contribution in [0.3, 0.4) is 0 Å². The summed E-state index contributed by atoms with van der Waals surface area (Å²) in [6.07, 6.45) is -1.26. The third-order valence-electron chi connectivity index (χ3n) is 6.47. The van der Waals surface area contributed by atoms with Gasteiger partial charge in [-0.05, 0) is 42.5 Å². The summed E-state index contributed by atoms with van der Waals surface area (Å²) in [7, 11) is 0. The quantitative estimate of drug-likeness (QED) is 0.315. The van der Waals surface area contributed by atoms with Crippen molar-refractivity contribution in [3.05, 3.63) is 71.8 Å². The van der Waals surface area contributed by atoms with Crippen LogP contribution in [0.25, 0.3) is 11.3 Å². The van der Waals surface area contributed by atoms with E-state index in [0.29, 0.717) is 29.4 Å². The van der Waals surface area contributed by atoms with E-state index in [1.54, 1.807) is 12.1 Å². The van der Waals surface area contributed by atoms with Gasteiger partial charge >= 0.3 is 6.18 Å². The van der Waals surface area contributed by atoms with E-state index in [9.17, 15) is 13.2 Å². The molecule has 2 aromatic carbocycles. The van der Waals surface area contributed by atoms with Crippen LogP contribution in [0.1, 0.15) is 55.5 Å². The minimum atomic E-state index is -4.51. The second-order valence-corrected chi connectivity index (χ2v) is 10.4. The molecule has 0 radical (unpaired) electrons. The maximum atomic E-state index is 14.2. The van der Waals surface area contributed by atoms with Gasteiger partial charge in [-0.2, -0.15) is 18.4 Å².